The molecule has 3 heteroatoms. The van der Waals surface area contributed by atoms with Gasteiger partial charge in [-0.1, -0.05) is 0 Å². The summed E-state index contributed by atoms with van der Waals surface area (Å²) in [6.07, 6.45) is 2.89. The van der Waals surface area contributed by atoms with E-state index < -0.39 is 0 Å². The van der Waals surface area contributed by atoms with Gasteiger partial charge in [-0.15, -0.1) is 0 Å². The molecule has 0 spiro atoms. The van der Waals surface area contributed by atoms with Crippen LogP contribution in [0.5, 0.6) is 0 Å². The third-order valence-corrected chi connectivity index (χ3v) is 2.22. The molecule has 1 heterocycles. The fraction of sp³-hybridized carbons (Fsp3) is 1.00. The summed E-state index contributed by atoms with van der Waals surface area (Å²) >= 11 is 0. The Labute approximate surface area is 74.6 Å². The summed E-state index contributed by atoms with van der Waals surface area (Å²) in [6, 6.07) is 0. The second-order valence-corrected chi connectivity index (χ2v) is 3.39. The van der Waals surface area contributed by atoms with Gasteiger partial charge in [-0.05, 0) is 26.4 Å². The molecule has 0 aromatic carbocycles. The Kier molecular flexibility index (Phi) is 4.58. The molecule has 1 rings (SSSR count). The zero-order valence-corrected chi connectivity index (χ0v) is 8.08. The molecule has 1 fully saturated rings. The van der Waals surface area contributed by atoms with Gasteiger partial charge in [0, 0.05) is 13.7 Å². The van der Waals surface area contributed by atoms with E-state index in [1.165, 1.54) is 19.4 Å². The van der Waals surface area contributed by atoms with Gasteiger partial charge in [0.2, 0.25) is 0 Å². The molecular formula is C9H19NO2. The number of hydrogen-bond donors (Lipinski definition) is 0. The van der Waals surface area contributed by atoms with Crippen LogP contribution in [-0.2, 0) is 9.47 Å². The number of piperidine rings is 1. The zero-order valence-electron chi connectivity index (χ0n) is 8.08. The topological polar surface area (TPSA) is 21.7 Å². The molecule has 1 saturated heterocycles. The molecule has 0 aromatic rings. The Balaban J connectivity index is 2.06. The fourth-order valence-corrected chi connectivity index (χ4v) is 1.55. The van der Waals surface area contributed by atoms with Crippen molar-refractivity contribution in [1.82, 2.24) is 4.90 Å². The number of methoxy groups -OCH3 is 1. The summed E-state index contributed by atoms with van der Waals surface area (Å²) in [5, 5.41) is 0. The number of nitrogens with zero attached hydrogens (tertiary/aromatic N) is 1. The Morgan fingerprint density at radius 2 is 2.25 bits per heavy atom. The normalized spacial score (nSPS) is 26.0. The molecule has 3 nitrogen and oxygen atoms in total. The molecular weight excluding hydrogens is 154 g/mol. The molecule has 1 unspecified atom stereocenters. The van der Waals surface area contributed by atoms with Crippen molar-refractivity contribution in [2.75, 3.05) is 40.5 Å². The van der Waals surface area contributed by atoms with Gasteiger partial charge in [0.15, 0.2) is 0 Å². The third kappa shape index (κ3) is 3.52. The molecule has 0 bridgehead atoms. The lowest BCUT2D eigenvalue weighted by atomic mass is 10.1. The lowest BCUT2D eigenvalue weighted by Gasteiger charge is -2.29. The molecule has 0 radical (unpaired) electrons. The Morgan fingerprint density at radius 1 is 1.42 bits per heavy atom. The molecule has 0 N–H and O–H groups in total. The van der Waals surface area contributed by atoms with Gasteiger partial charge in [0.1, 0.15) is 0 Å². The van der Waals surface area contributed by atoms with Gasteiger partial charge in [-0.2, -0.15) is 0 Å². The second kappa shape index (κ2) is 5.51. The van der Waals surface area contributed by atoms with Crippen LogP contribution < -0.4 is 0 Å². The van der Waals surface area contributed by atoms with E-state index in [9.17, 15) is 0 Å². The smallest absolute Gasteiger partial charge is 0.0704 e. The Morgan fingerprint density at radius 3 is 2.92 bits per heavy atom. The van der Waals surface area contributed by atoms with Crippen molar-refractivity contribution in [3.05, 3.63) is 0 Å². The minimum Gasteiger partial charge on any atom is -0.382 e. The van der Waals surface area contributed by atoms with E-state index in [0.29, 0.717) is 12.7 Å². The summed E-state index contributed by atoms with van der Waals surface area (Å²) < 4.78 is 10.5. The van der Waals surface area contributed by atoms with Crippen LogP contribution >= 0.6 is 0 Å². The van der Waals surface area contributed by atoms with Crippen molar-refractivity contribution in [3.63, 3.8) is 0 Å². The first-order chi connectivity index (χ1) is 5.83. The maximum atomic E-state index is 5.63. The fourth-order valence-electron chi connectivity index (χ4n) is 1.55. The second-order valence-electron chi connectivity index (χ2n) is 3.39. The van der Waals surface area contributed by atoms with E-state index in [1.54, 1.807) is 7.11 Å². The summed E-state index contributed by atoms with van der Waals surface area (Å²) in [5.74, 6) is 0. The molecule has 1 atom stereocenters. The third-order valence-electron chi connectivity index (χ3n) is 2.22. The molecule has 0 aromatic heterocycles. The van der Waals surface area contributed by atoms with Crippen LogP contribution in [0.3, 0.4) is 0 Å². The van der Waals surface area contributed by atoms with E-state index in [4.69, 9.17) is 9.47 Å². The number of ether oxygens (including phenoxy) is 2. The molecule has 1 aliphatic heterocycles. The van der Waals surface area contributed by atoms with Gasteiger partial charge in [-0.3, -0.25) is 0 Å². The van der Waals surface area contributed by atoms with Gasteiger partial charge in [-0.25, -0.2) is 0 Å². The average Bonchev–Trinajstić information content (AvgIpc) is 2.05. The van der Waals surface area contributed by atoms with Crippen LogP contribution in [0, 0.1) is 0 Å². The Hall–Kier alpha value is -0.120. The first-order valence-corrected chi connectivity index (χ1v) is 4.62. The number of rotatable bonds is 4. The number of likely N-dealkylation sites (N-methyl/N-ethyl adjacent to an activating group) is 1. The van der Waals surface area contributed by atoms with Crippen LogP contribution in [0.4, 0.5) is 0 Å². The summed E-state index contributed by atoms with van der Waals surface area (Å²) in [7, 11) is 3.85. The molecule has 72 valence electrons. The largest absolute Gasteiger partial charge is 0.382 e. The van der Waals surface area contributed by atoms with Gasteiger partial charge in [0.25, 0.3) is 0 Å². The van der Waals surface area contributed by atoms with E-state index >= 15 is 0 Å². The van der Waals surface area contributed by atoms with Crippen molar-refractivity contribution in [2.45, 2.75) is 18.9 Å². The van der Waals surface area contributed by atoms with E-state index in [0.717, 1.165) is 13.2 Å². The maximum absolute atomic E-state index is 5.63. The van der Waals surface area contributed by atoms with Gasteiger partial charge >= 0.3 is 0 Å². The molecule has 0 aliphatic carbocycles. The van der Waals surface area contributed by atoms with Crippen molar-refractivity contribution in [1.29, 1.82) is 0 Å². The van der Waals surface area contributed by atoms with Gasteiger partial charge in [0.05, 0.1) is 19.3 Å². The predicted octanol–water partition coefficient (Wildman–Crippen LogP) is 0.744. The quantitative estimate of drug-likeness (QED) is 0.585. The first-order valence-electron chi connectivity index (χ1n) is 4.62. The highest BCUT2D eigenvalue weighted by molar-refractivity contribution is 4.70. The van der Waals surface area contributed by atoms with Gasteiger partial charge < -0.3 is 14.4 Å². The van der Waals surface area contributed by atoms with Crippen LogP contribution in [-0.4, -0.2) is 51.5 Å². The van der Waals surface area contributed by atoms with Crippen LogP contribution in [0.25, 0.3) is 0 Å². The lowest BCUT2D eigenvalue weighted by molar-refractivity contribution is -0.0156. The molecule has 1 aliphatic rings. The summed E-state index contributed by atoms with van der Waals surface area (Å²) in [4.78, 5) is 2.32. The van der Waals surface area contributed by atoms with Crippen molar-refractivity contribution < 1.29 is 9.47 Å². The lowest BCUT2D eigenvalue weighted by Crippen LogP contribution is -2.37. The molecule has 0 saturated carbocycles. The first kappa shape index (κ1) is 9.96. The standard InChI is InChI=1S/C9H19NO2/c1-10-5-3-4-9(8-10)12-7-6-11-2/h9H,3-8H2,1-2H3. The zero-order chi connectivity index (χ0) is 8.81. The SMILES string of the molecule is COCCOC1CCCN(C)C1. The van der Waals surface area contributed by atoms with Crippen LogP contribution in [0.1, 0.15) is 12.8 Å². The summed E-state index contributed by atoms with van der Waals surface area (Å²) in [6.45, 7) is 3.73. The predicted molar refractivity (Wildman–Crippen MR) is 48.3 cm³/mol. The van der Waals surface area contributed by atoms with Crippen molar-refractivity contribution in [2.24, 2.45) is 0 Å². The number of hydrogen-bond acceptors (Lipinski definition) is 3. The highest BCUT2D eigenvalue weighted by atomic mass is 16.5. The van der Waals surface area contributed by atoms with Crippen molar-refractivity contribution in [3.8, 4) is 0 Å². The monoisotopic (exact) mass is 173 g/mol. The van der Waals surface area contributed by atoms with E-state index in [1.807, 2.05) is 0 Å². The minimum atomic E-state index is 0.430. The highest BCUT2D eigenvalue weighted by Crippen LogP contribution is 2.10. The minimum absolute atomic E-state index is 0.430. The maximum Gasteiger partial charge on any atom is 0.0704 e. The van der Waals surface area contributed by atoms with Crippen molar-refractivity contribution >= 4 is 0 Å². The number of likely N-dealkylation sites (tertiary alicyclic amines) is 1. The van der Waals surface area contributed by atoms with E-state index in [2.05, 4.69) is 11.9 Å². The molecule has 12 heavy (non-hydrogen) atoms. The summed E-state index contributed by atoms with van der Waals surface area (Å²) in [5.41, 5.74) is 0. The van der Waals surface area contributed by atoms with Crippen LogP contribution in [0.15, 0.2) is 0 Å². The average molecular weight is 173 g/mol. The van der Waals surface area contributed by atoms with E-state index in [-0.39, 0.29) is 0 Å². The highest BCUT2D eigenvalue weighted by Gasteiger charge is 2.16. The van der Waals surface area contributed by atoms with Crippen LogP contribution in [0.2, 0.25) is 0 Å². The molecule has 0 amide bonds. The Bertz CT molecular complexity index is 119.